The molecule has 0 saturated heterocycles. The zero-order chi connectivity index (χ0) is 23.2. The number of carbonyl (C=O) groups excluding carboxylic acids is 2. The van der Waals surface area contributed by atoms with Crippen molar-refractivity contribution in [3.8, 4) is 5.75 Å². The highest BCUT2D eigenvalue weighted by Crippen LogP contribution is 2.33. The first-order chi connectivity index (χ1) is 16.1. The first-order valence-electron chi connectivity index (χ1n) is 10.7. The Bertz CT molecular complexity index is 1200. The van der Waals surface area contributed by atoms with E-state index in [1.165, 1.54) is 7.11 Å². The Morgan fingerprint density at radius 3 is 2.09 bits per heavy atom. The molecular weight excluding hydrogens is 414 g/mol. The molecule has 0 radical (unpaired) electrons. The summed E-state index contributed by atoms with van der Waals surface area (Å²) in [4.78, 5) is 27.4. The predicted molar refractivity (Wildman–Crippen MR) is 127 cm³/mol. The van der Waals surface area contributed by atoms with E-state index in [4.69, 9.17) is 9.47 Å². The molecule has 4 rings (SSSR count). The van der Waals surface area contributed by atoms with Crippen LogP contribution in [0.25, 0.3) is 6.08 Å². The number of rotatable bonds is 7. The van der Waals surface area contributed by atoms with Gasteiger partial charge in [0.05, 0.1) is 24.8 Å². The number of carbonyl (C=O) groups is 2. The zero-order valence-electron chi connectivity index (χ0n) is 18.7. The van der Waals surface area contributed by atoms with Gasteiger partial charge in [-0.1, -0.05) is 72.8 Å². The summed E-state index contributed by atoms with van der Waals surface area (Å²) in [5.41, 5.74) is 4.07. The van der Waals surface area contributed by atoms with Gasteiger partial charge in [0.15, 0.2) is 0 Å². The molecule has 166 valence electrons. The molecular formula is C28H25NO4. The van der Waals surface area contributed by atoms with E-state index in [0.717, 1.165) is 22.4 Å². The van der Waals surface area contributed by atoms with Gasteiger partial charge < -0.3 is 14.4 Å². The molecule has 0 aliphatic carbocycles. The maximum Gasteiger partial charge on any atom is 0.340 e. The van der Waals surface area contributed by atoms with Crippen molar-refractivity contribution >= 4 is 18.0 Å². The van der Waals surface area contributed by atoms with E-state index < -0.39 is 5.97 Å². The van der Waals surface area contributed by atoms with E-state index in [9.17, 15) is 9.59 Å². The summed E-state index contributed by atoms with van der Waals surface area (Å²) < 4.78 is 10.8. The average Bonchev–Trinajstić information content (AvgIpc) is 3.08. The number of hydrogen-bond acceptors (Lipinski definition) is 4. The van der Waals surface area contributed by atoms with Crippen molar-refractivity contribution in [1.82, 2.24) is 4.90 Å². The molecule has 0 atom stereocenters. The third-order valence-electron chi connectivity index (χ3n) is 5.52. The van der Waals surface area contributed by atoms with Gasteiger partial charge in [0, 0.05) is 5.70 Å². The average molecular weight is 440 g/mol. The summed E-state index contributed by atoms with van der Waals surface area (Å²) in [6.07, 6.45) is 1.73. The van der Waals surface area contributed by atoms with Crippen LogP contribution < -0.4 is 4.74 Å². The van der Waals surface area contributed by atoms with Gasteiger partial charge in [-0.25, -0.2) is 4.79 Å². The highest BCUT2D eigenvalue weighted by Gasteiger charge is 2.36. The number of benzene rings is 3. The van der Waals surface area contributed by atoms with Gasteiger partial charge in [-0.15, -0.1) is 0 Å². The van der Waals surface area contributed by atoms with Crippen LogP contribution in [0.4, 0.5) is 0 Å². The van der Waals surface area contributed by atoms with Gasteiger partial charge >= 0.3 is 5.97 Å². The first kappa shape index (κ1) is 22.1. The molecule has 1 heterocycles. The summed E-state index contributed by atoms with van der Waals surface area (Å²) in [6, 6.07) is 27.1. The van der Waals surface area contributed by atoms with Crippen molar-refractivity contribution in [2.24, 2.45) is 0 Å². The van der Waals surface area contributed by atoms with E-state index in [0.29, 0.717) is 30.0 Å². The van der Waals surface area contributed by atoms with Crippen LogP contribution in [0.1, 0.15) is 23.6 Å². The van der Waals surface area contributed by atoms with Crippen LogP contribution in [0.5, 0.6) is 5.75 Å². The zero-order valence-corrected chi connectivity index (χ0v) is 18.7. The molecule has 5 heteroatoms. The topological polar surface area (TPSA) is 55.8 Å². The van der Waals surface area contributed by atoms with Crippen LogP contribution in [0, 0.1) is 0 Å². The monoisotopic (exact) mass is 439 g/mol. The summed E-state index contributed by atoms with van der Waals surface area (Å²) >= 11 is 0. The number of allylic oxidation sites excluding steroid dienone is 1. The lowest BCUT2D eigenvalue weighted by Crippen LogP contribution is -2.24. The van der Waals surface area contributed by atoms with Gasteiger partial charge in [0.25, 0.3) is 5.91 Å². The van der Waals surface area contributed by atoms with E-state index in [1.54, 1.807) is 17.9 Å². The van der Waals surface area contributed by atoms with Crippen molar-refractivity contribution in [1.29, 1.82) is 0 Å². The molecule has 5 nitrogen and oxygen atoms in total. The quantitative estimate of drug-likeness (QED) is 0.378. The first-order valence-corrected chi connectivity index (χ1v) is 10.7. The fraction of sp³-hybridized carbons (Fsp3) is 0.143. The third-order valence-corrected chi connectivity index (χ3v) is 5.52. The second-order valence-electron chi connectivity index (χ2n) is 7.73. The second kappa shape index (κ2) is 10.0. The number of hydrogen-bond donors (Lipinski definition) is 0. The van der Waals surface area contributed by atoms with Gasteiger partial charge in [-0.2, -0.15) is 0 Å². The summed E-state index contributed by atoms with van der Waals surface area (Å²) in [5, 5.41) is 0. The Morgan fingerprint density at radius 2 is 1.48 bits per heavy atom. The van der Waals surface area contributed by atoms with E-state index in [2.05, 4.69) is 0 Å². The molecule has 3 aromatic rings. The van der Waals surface area contributed by atoms with Crippen molar-refractivity contribution in [3.63, 3.8) is 0 Å². The molecule has 1 aliphatic heterocycles. The SMILES string of the molecule is COC(=O)C1=C(C)N(Cc2ccccc2)C(=O)/C1=C\c1ccc(OCc2ccccc2)cc1. The summed E-state index contributed by atoms with van der Waals surface area (Å²) in [6.45, 7) is 2.63. The van der Waals surface area contributed by atoms with Gasteiger partial charge in [-0.05, 0) is 41.8 Å². The lowest BCUT2D eigenvalue weighted by Gasteiger charge is -2.17. The number of ether oxygens (including phenoxy) is 2. The Morgan fingerprint density at radius 1 is 0.879 bits per heavy atom. The smallest absolute Gasteiger partial charge is 0.340 e. The second-order valence-corrected chi connectivity index (χ2v) is 7.73. The Labute approximate surface area is 193 Å². The maximum absolute atomic E-state index is 13.3. The molecule has 0 saturated carbocycles. The van der Waals surface area contributed by atoms with Crippen molar-refractivity contribution < 1.29 is 19.1 Å². The third kappa shape index (κ3) is 5.04. The molecule has 0 fully saturated rings. The molecule has 1 amide bonds. The fourth-order valence-corrected chi connectivity index (χ4v) is 3.75. The van der Waals surface area contributed by atoms with E-state index in [-0.39, 0.29) is 5.91 Å². The van der Waals surface area contributed by atoms with Crippen molar-refractivity contribution in [2.75, 3.05) is 7.11 Å². The number of methoxy groups -OCH3 is 1. The van der Waals surface area contributed by atoms with E-state index in [1.807, 2.05) is 84.9 Å². The molecule has 33 heavy (non-hydrogen) atoms. The number of nitrogens with zero attached hydrogens (tertiary/aromatic N) is 1. The molecule has 3 aromatic carbocycles. The molecule has 0 unspecified atom stereocenters. The minimum Gasteiger partial charge on any atom is -0.489 e. The number of esters is 1. The van der Waals surface area contributed by atoms with Crippen LogP contribution in [0.15, 0.2) is 102 Å². The standard InChI is InChI=1S/C28H25NO4/c1-20-26(28(31)32-2)25(27(30)29(20)18-22-9-5-3-6-10-22)17-21-13-15-24(16-14-21)33-19-23-11-7-4-8-12-23/h3-17H,18-19H2,1-2H3/b25-17-. The summed E-state index contributed by atoms with van der Waals surface area (Å²) in [7, 11) is 1.32. The minimum absolute atomic E-state index is 0.221. The van der Waals surface area contributed by atoms with Crippen molar-refractivity contribution in [3.05, 3.63) is 118 Å². The minimum atomic E-state index is -0.523. The highest BCUT2D eigenvalue weighted by molar-refractivity contribution is 6.16. The molecule has 0 bridgehead atoms. The van der Waals surface area contributed by atoms with Gasteiger partial charge in [0.2, 0.25) is 0 Å². The van der Waals surface area contributed by atoms with Gasteiger partial charge in [0.1, 0.15) is 12.4 Å². The number of amides is 1. The normalized spacial score (nSPS) is 14.7. The fourth-order valence-electron chi connectivity index (χ4n) is 3.75. The van der Waals surface area contributed by atoms with Crippen LogP contribution in [0.3, 0.4) is 0 Å². The molecule has 0 N–H and O–H groups in total. The van der Waals surface area contributed by atoms with Crippen LogP contribution in [0.2, 0.25) is 0 Å². The Balaban J connectivity index is 1.56. The largest absolute Gasteiger partial charge is 0.489 e. The summed E-state index contributed by atoms with van der Waals surface area (Å²) in [5.74, 6) is -0.0176. The highest BCUT2D eigenvalue weighted by atomic mass is 16.5. The van der Waals surface area contributed by atoms with Crippen LogP contribution in [-0.4, -0.2) is 23.9 Å². The van der Waals surface area contributed by atoms with Crippen molar-refractivity contribution in [2.45, 2.75) is 20.1 Å². The predicted octanol–water partition coefficient (Wildman–Crippen LogP) is 5.14. The van der Waals surface area contributed by atoms with E-state index >= 15 is 0 Å². The lowest BCUT2D eigenvalue weighted by molar-refractivity contribution is -0.136. The maximum atomic E-state index is 13.3. The molecule has 0 aromatic heterocycles. The van der Waals surface area contributed by atoms with Crippen LogP contribution >= 0.6 is 0 Å². The molecule has 0 spiro atoms. The Hall–Kier alpha value is -4.12. The molecule has 1 aliphatic rings. The Kier molecular flexibility index (Phi) is 6.69. The lowest BCUT2D eigenvalue weighted by atomic mass is 10.0. The van der Waals surface area contributed by atoms with Crippen LogP contribution in [-0.2, 0) is 27.5 Å². The van der Waals surface area contributed by atoms with Gasteiger partial charge in [-0.3, -0.25) is 4.79 Å².